The summed E-state index contributed by atoms with van der Waals surface area (Å²) in [5.41, 5.74) is 2.64. The van der Waals surface area contributed by atoms with Crippen molar-refractivity contribution >= 4 is 40.8 Å². The molecule has 1 unspecified atom stereocenters. The summed E-state index contributed by atoms with van der Waals surface area (Å²) < 4.78 is 0. The van der Waals surface area contributed by atoms with Gasteiger partial charge in [-0.15, -0.1) is 11.8 Å². The number of amides is 2. The third-order valence-electron chi connectivity index (χ3n) is 3.56. The molecule has 0 aromatic heterocycles. The van der Waals surface area contributed by atoms with Gasteiger partial charge >= 0.3 is 0 Å². The van der Waals surface area contributed by atoms with Crippen LogP contribution in [0.15, 0.2) is 58.6 Å². The van der Waals surface area contributed by atoms with Gasteiger partial charge in [-0.25, -0.2) is 4.99 Å². The molecule has 1 N–H and O–H groups in total. The van der Waals surface area contributed by atoms with Crippen molar-refractivity contribution in [3.05, 3.63) is 54.1 Å². The van der Waals surface area contributed by atoms with Crippen LogP contribution in [0.5, 0.6) is 0 Å². The highest BCUT2D eigenvalue weighted by Gasteiger charge is 2.26. The van der Waals surface area contributed by atoms with Crippen LogP contribution in [-0.4, -0.2) is 34.9 Å². The summed E-state index contributed by atoms with van der Waals surface area (Å²) in [7, 11) is 0. The summed E-state index contributed by atoms with van der Waals surface area (Å²) in [6.45, 7) is 2.00. The van der Waals surface area contributed by atoms with E-state index in [-0.39, 0.29) is 23.5 Å². The minimum absolute atomic E-state index is 0.0855. The molecular weight excluding hydrogens is 322 g/mol. The first-order valence-electron chi connectivity index (χ1n) is 7.61. The van der Waals surface area contributed by atoms with Crippen molar-refractivity contribution in [2.24, 2.45) is 15.9 Å². The molecule has 24 heavy (non-hydrogen) atoms. The Morgan fingerprint density at radius 2 is 2.00 bits per heavy atom. The number of nitrogens with zero attached hydrogens (tertiary/aromatic N) is 2. The van der Waals surface area contributed by atoms with E-state index in [1.807, 2.05) is 49.4 Å². The van der Waals surface area contributed by atoms with Crippen molar-refractivity contribution in [2.45, 2.75) is 6.92 Å². The van der Waals surface area contributed by atoms with Crippen molar-refractivity contribution in [2.75, 3.05) is 16.8 Å². The van der Waals surface area contributed by atoms with Crippen LogP contribution < -0.4 is 5.32 Å². The summed E-state index contributed by atoms with van der Waals surface area (Å²) in [4.78, 5) is 32.3. The number of anilines is 1. The first-order valence-corrected chi connectivity index (χ1v) is 8.76. The Morgan fingerprint density at radius 1 is 1.21 bits per heavy atom. The largest absolute Gasteiger partial charge is 0.325 e. The van der Waals surface area contributed by atoms with E-state index in [4.69, 9.17) is 0 Å². The van der Waals surface area contributed by atoms with Crippen molar-refractivity contribution < 1.29 is 9.59 Å². The van der Waals surface area contributed by atoms with Crippen LogP contribution in [0.1, 0.15) is 5.56 Å². The molecule has 1 aromatic carbocycles. The lowest BCUT2D eigenvalue weighted by Gasteiger charge is -2.17. The fourth-order valence-electron chi connectivity index (χ4n) is 2.35. The lowest BCUT2D eigenvalue weighted by molar-refractivity contribution is -0.118. The lowest BCUT2D eigenvalue weighted by atomic mass is 9.97. The number of benzene rings is 1. The summed E-state index contributed by atoms with van der Waals surface area (Å²) in [6.07, 6.45) is 7.30. The molecule has 2 aliphatic rings. The number of amidine groups is 1. The van der Waals surface area contributed by atoms with E-state index in [1.54, 1.807) is 6.08 Å². The molecule has 5 nitrogen and oxygen atoms in total. The van der Waals surface area contributed by atoms with Crippen LogP contribution in [-0.2, 0) is 9.59 Å². The number of aryl methyl sites for hydroxylation is 1. The number of carbonyl (C=O) groups excluding carboxylic acids is 2. The van der Waals surface area contributed by atoms with Crippen LogP contribution in [0.4, 0.5) is 5.69 Å². The second-order valence-corrected chi connectivity index (χ2v) is 6.52. The number of hydrogen-bond donors (Lipinski definition) is 1. The van der Waals surface area contributed by atoms with Gasteiger partial charge in [0, 0.05) is 5.69 Å². The van der Waals surface area contributed by atoms with Gasteiger partial charge in [0.2, 0.25) is 5.91 Å². The number of rotatable bonds is 5. The zero-order valence-corrected chi connectivity index (χ0v) is 14.0. The molecule has 1 aromatic rings. The molecule has 1 aliphatic heterocycles. The van der Waals surface area contributed by atoms with Crippen LogP contribution in [0.2, 0.25) is 0 Å². The lowest BCUT2D eigenvalue weighted by Crippen LogP contribution is -2.27. The highest BCUT2D eigenvalue weighted by Crippen LogP contribution is 2.17. The maximum Gasteiger partial charge on any atom is 0.260 e. The third-order valence-corrected chi connectivity index (χ3v) is 4.49. The smallest absolute Gasteiger partial charge is 0.260 e. The zero-order chi connectivity index (χ0) is 16.9. The third kappa shape index (κ3) is 4.08. The molecule has 0 saturated carbocycles. The van der Waals surface area contributed by atoms with Gasteiger partial charge in [0.1, 0.15) is 11.8 Å². The van der Waals surface area contributed by atoms with Crippen LogP contribution in [0, 0.1) is 12.8 Å². The van der Waals surface area contributed by atoms with Gasteiger partial charge in [0.15, 0.2) is 0 Å². The van der Waals surface area contributed by atoms with Crippen LogP contribution >= 0.6 is 11.8 Å². The summed E-state index contributed by atoms with van der Waals surface area (Å²) in [6, 6.07) is 7.64. The molecule has 1 atom stereocenters. The molecule has 0 saturated heterocycles. The van der Waals surface area contributed by atoms with Crippen LogP contribution in [0.3, 0.4) is 0 Å². The van der Waals surface area contributed by atoms with Gasteiger partial charge in [-0.3, -0.25) is 9.59 Å². The number of thioether (sulfide) groups is 1. The second-order valence-electron chi connectivity index (χ2n) is 5.53. The van der Waals surface area contributed by atoms with Gasteiger partial charge in [0.05, 0.1) is 17.2 Å². The first-order chi connectivity index (χ1) is 11.6. The molecule has 1 heterocycles. The summed E-state index contributed by atoms with van der Waals surface area (Å²) in [5, 5.41) is 2.84. The van der Waals surface area contributed by atoms with Gasteiger partial charge in [-0.2, -0.15) is 4.99 Å². The SMILES string of the molecule is Cc1ccc(NC(=O)CSCC2=NC(=O)C3C=CC=CC3=N2)cc1. The average molecular weight is 339 g/mol. The monoisotopic (exact) mass is 339 g/mol. The fourth-order valence-corrected chi connectivity index (χ4v) is 3.02. The van der Waals surface area contributed by atoms with Crippen molar-refractivity contribution in [3.63, 3.8) is 0 Å². The van der Waals surface area contributed by atoms with Crippen LogP contribution in [0.25, 0.3) is 0 Å². The maximum atomic E-state index is 12.0. The predicted octanol–water partition coefficient (Wildman–Crippen LogP) is 2.79. The maximum absolute atomic E-state index is 12.0. The van der Waals surface area contributed by atoms with Gasteiger partial charge in [-0.05, 0) is 25.1 Å². The summed E-state index contributed by atoms with van der Waals surface area (Å²) in [5.74, 6) is 0.553. The molecule has 122 valence electrons. The van der Waals surface area contributed by atoms with Crippen molar-refractivity contribution in [3.8, 4) is 0 Å². The molecule has 6 heteroatoms. The highest BCUT2D eigenvalue weighted by atomic mass is 32.2. The number of carbonyl (C=O) groups is 2. The van der Waals surface area contributed by atoms with E-state index in [1.165, 1.54) is 11.8 Å². The Bertz CT molecular complexity index is 776. The standard InChI is InChI=1S/C18H17N3O2S/c1-12-6-8-13(9-7-12)19-17(22)11-24-10-16-20-15-5-3-2-4-14(15)18(23)21-16/h2-9,14H,10-11H2,1H3,(H,19,22). The van der Waals surface area contributed by atoms with E-state index in [9.17, 15) is 9.59 Å². The molecule has 0 radical (unpaired) electrons. The molecule has 1 aliphatic carbocycles. The minimum Gasteiger partial charge on any atom is -0.325 e. The van der Waals surface area contributed by atoms with E-state index < -0.39 is 0 Å². The number of aliphatic imine (C=N–C) groups is 2. The van der Waals surface area contributed by atoms with E-state index in [2.05, 4.69) is 15.3 Å². The van der Waals surface area contributed by atoms with E-state index in [0.717, 1.165) is 17.0 Å². The first kappa shape index (κ1) is 16.4. The predicted molar refractivity (Wildman–Crippen MR) is 98.8 cm³/mol. The topological polar surface area (TPSA) is 70.9 Å². The van der Waals surface area contributed by atoms with Gasteiger partial charge in [-0.1, -0.05) is 35.9 Å². The van der Waals surface area contributed by atoms with Crippen molar-refractivity contribution in [1.29, 1.82) is 0 Å². The number of fused-ring (bicyclic) bond motifs is 1. The molecule has 3 rings (SSSR count). The van der Waals surface area contributed by atoms with Crippen molar-refractivity contribution in [1.82, 2.24) is 0 Å². The van der Waals surface area contributed by atoms with E-state index in [0.29, 0.717) is 11.6 Å². The molecule has 0 bridgehead atoms. The van der Waals surface area contributed by atoms with Gasteiger partial charge < -0.3 is 5.32 Å². The normalized spacial score (nSPS) is 18.7. The second kappa shape index (κ2) is 7.40. The Kier molecular flexibility index (Phi) is 5.05. The Labute approximate surface area is 144 Å². The molecule has 2 amide bonds. The Morgan fingerprint density at radius 3 is 2.79 bits per heavy atom. The zero-order valence-electron chi connectivity index (χ0n) is 13.2. The highest BCUT2D eigenvalue weighted by molar-refractivity contribution is 8.00. The average Bonchev–Trinajstić information content (AvgIpc) is 2.57. The van der Waals surface area contributed by atoms with E-state index >= 15 is 0 Å². The number of allylic oxidation sites excluding steroid dienone is 3. The fraction of sp³-hybridized carbons (Fsp3) is 0.222. The number of nitrogens with one attached hydrogen (secondary N) is 1. The Balaban J connectivity index is 1.49. The molecular formula is C18H17N3O2S. The quantitative estimate of drug-likeness (QED) is 0.897. The van der Waals surface area contributed by atoms with Gasteiger partial charge in [0.25, 0.3) is 5.91 Å². The summed E-state index contributed by atoms with van der Waals surface area (Å²) >= 11 is 1.39. The minimum atomic E-state index is -0.353. The molecule has 0 fully saturated rings. The Hall–Kier alpha value is -2.47. The molecule has 0 spiro atoms. The number of hydrogen-bond acceptors (Lipinski definition) is 4.